The number of aliphatic hydroxyl groups excluding tert-OH is 3. The Balaban J connectivity index is 2.43. The molecule has 0 aromatic carbocycles. The fraction of sp³-hybridized carbons (Fsp3) is 0.932. The predicted octanol–water partition coefficient (Wildman–Crippen LogP) is 9.47. The number of aliphatic hydroxyl groups is 3. The molecule has 12 nitrogen and oxygen atoms in total. The maximum absolute atomic E-state index is 12.8. The maximum Gasteiger partial charge on any atom is 0.397 e. The van der Waals surface area contributed by atoms with Crippen LogP contribution in [0.15, 0.2) is 12.2 Å². The van der Waals surface area contributed by atoms with Gasteiger partial charge in [-0.15, -0.1) is 0 Å². The molecular formula is C44H84O12S. The molecular weight excluding hydrogens is 753 g/mol. The van der Waals surface area contributed by atoms with E-state index in [9.17, 15) is 28.5 Å². The number of unbranched alkanes of at least 4 members (excludes halogenated alkanes) is 25. The van der Waals surface area contributed by atoms with Crippen LogP contribution in [0.25, 0.3) is 0 Å². The molecule has 1 aliphatic rings. The van der Waals surface area contributed by atoms with Crippen LogP contribution in [0.4, 0.5) is 0 Å². The maximum atomic E-state index is 12.8. The van der Waals surface area contributed by atoms with Crippen LogP contribution in [0, 0.1) is 0 Å². The number of allylic oxidation sites excluding steroid dienone is 2. The Morgan fingerprint density at radius 2 is 1.11 bits per heavy atom. The Labute approximate surface area is 347 Å². The molecule has 1 saturated heterocycles. The average Bonchev–Trinajstić information content (AvgIpc) is 3.18. The Morgan fingerprint density at radius 1 is 0.649 bits per heavy atom. The molecule has 4 N–H and O–H groups in total. The summed E-state index contributed by atoms with van der Waals surface area (Å²) in [6.45, 7) is 4.00. The second-order valence-corrected chi connectivity index (χ2v) is 17.0. The minimum absolute atomic E-state index is 0.0382. The SMILES string of the molecule is CCCCCCCCC/C=C\CCCCCCCC(=O)OC(COCCCCCCCCCCCCCCCC)COC1OC(CO)C(O)C(OS(=O)(=O)O)C1O. The van der Waals surface area contributed by atoms with Crippen molar-refractivity contribution in [2.75, 3.05) is 26.4 Å². The smallest absolute Gasteiger partial charge is 0.397 e. The zero-order chi connectivity index (χ0) is 41.8. The molecule has 1 aliphatic heterocycles. The summed E-state index contributed by atoms with van der Waals surface area (Å²) in [7, 11) is -5.06. The van der Waals surface area contributed by atoms with Crippen molar-refractivity contribution in [2.24, 2.45) is 0 Å². The Morgan fingerprint density at radius 3 is 1.58 bits per heavy atom. The first-order chi connectivity index (χ1) is 27.6. The molecule has 0 spiro atoms. The van der Waals surface area contributed by atoms with Crippen LogP contribution in [-0.4, -0.2) is 97.5 Å². The van der Waals surface area contributed by atoms with E-state index < -0.39 is 59.8 Å². The molecule has 1 rings (SSSR count). The van der Waals surface area contributed by atoms with Gasteiger partial charge in [0.05, 0.1) is 19.8 Å². The normalized spacial score (nSPS) is 20.7. The van der Waals surface area contributed by atoms with Crippen molar-refractivity contribution in [1.82, 2.24) is 0 Å². The quantitative estimate of drug-likeness (QED) is 0.0199. The Hall–Kier alpha value is -1.16. The van der Waals surface area contributed by atoms with Gasteiger partial charge >= 0.3 is 16.4 Å². The van der Waals surface area contributed by atoms with E-state index >= 15 is 0 Å². The number of carbonyl (C=O) groups excluding carboxylic acids is 1. The molecule has 57 heavy (non-hydrogen) atoms. The van der Waals surface area contributed by atoms with Gasteiger partial charge in [-0.25, -0.2) is 4.18 Å². The van der Waals surface area contributed by atoms with Crippen LogP contribution in [0.2, 0.25) is 0 Å². The van der Waals surface area contributed by atoms with Crippen LogP contribution in [0.3, 0.4) is 0 Å². The highest BCUT2D eigenvalue weighted by Crippen LogP contribution is 2.26. The van der Waals surface area contributed by atoms with Crippen LogP contribution >= 0.6 is 0 Å². The van der Waals surface area contributed by atoms with Crippen molar-refractivity contribution in [3.05, 3.63) is 12.2 Å². The van der Waals surface area contributed by atoms with Gasteiger partial charge in [-0.3, -0.25) is 9.35 Å². The van der Waals surface area contributed by atoms with E-state index in [0.717, 1.165) is 57.8 Å². The number of esters is 1. The number of rotatable bonds is 40. The molecule has 338 valence electrons. The second-order valence-electron chi connectivity index (χ2n) is 16.0. The zero-order valence-corrected chi connectivity index (χ0v) is 36.7. The fourth-order valence-corrected chi connectivity index (χ4v) is 7.65. The molecule has 13 heteroatoms. The van der Waals surface area contributed by atoms with Gasteiger partial charge in [0.2, 0.25) is 0 Å². The molecule has 6 unspecified atom stereocenters. The fourth-order valence-electron chi connectivity index (χ4n) is 7.14. The molecule has 6 atom stereocenters. The lowest BCUT2D eigenvalue weighted by Crippen LogP contribution is -2.60. The molecule has 0 radical (unpaired) electrons. The van der Waals surface area contributed by atoms with Crippen LogP contribution in [0.5, 0.6) is 0 Å². The van der Waals surface area contributed by atoms with E-state index in [1.807, 2.05) is 0 Å². The highest BCUT2D eigenvalue weighted by molar-refractivity contribution is 7.80. The Bertz CT molecular complexity index is 1060. The minimum atomic E-state index is -5.06. The lowest BCUT2D eigenvalue weighted by Gasteiger charge is -2.41. The first-order valence-corrected chi connectivity index (χ1v) is 24.3. The van der Waals surface area contributed by atoms with Gasteiger partial charge in [-0.2, -0.15) is 8.42 Å². The van der Waals surface area contributed by atoms with Gasteiger partial charge in [0, 0.05) is 13.0 Å². The third-order valence-electron chi connectivity index (χ3n) is 10.6. The van der Waals surface area contributed by atoms with Gasteiger partial charge in [0.15, 0.2) is 6.29 Å². The Kier molecular flexibility index (Phi) is 34.6. The number of hydrogen-bond donors (Lipinski definition) is 4. The largest absolute Gasteiger partial charge is 0.457 e. The molecule has 0 aromatic rings. The number of carbonyl (C=O) groups is 1. The number of ether oxygens (including phenoxy) is 4. The standard InChI is InChI=1S/C44H84O12S/c1-3-5-7-9-11-13-15-17-19-20-21-23-25-27-29-31-33-40(46)54-38(36-52-34-32-30-28-26-24-22-18-16-14-12-10-8-6-4-2)37-53-44-42(48)43(56-57(49,50)51)41(47)39(35-45)55-44/h19-20,38-39,41-45,47-48H,3-18,21-37H2,1-2H3,(H,49,50,51)/b20-19-. The van der Waals surface area contributed by atoms with Crippen molar-refractivity contribution in [1.29, 1.82) is 0 Å². The molecule has 0 aromatic heterocycles. The molecule has 0 aliphatic carbocycles. The number of hydrogen-bond acceptors (Lipinski definition) is 11. The summed E-state index contributed by atoms with van der Waals surface area (Å²) < 4.78 is 59.0. The van der Waals surface area contributed by atoms with Gasteiger partial charge in [-0.05, 0) is 38.5 Å². The summed E-state index contributed by atoms with van der Waals surface area (Å²) in [6.07, 6.45) is 29.5. The molecule has 0 saturated carbocycles. The third kappa shape index (κ3) is 30.5. The lowest BCUT2D eigenvalue weighted by molar-refractivity contribution is -0.301. The molecule has 1 heterocycles. The first-order valence-electron chi connectivity index (χ1n) is 22.9. The van der Waals surface area contributed by atoms with Crippen molar-refractivity contribution in [2.45, 2.75) is 237 Å². The van der Waals surface area contributed by atoms with E-state index in [-0.39, 0.29) is 19.6 Å². The van der Waals surface area contributed by atoms with E-state index in [2.05, 4.69) is 30.2 Å². The first kappa shape index (κ1) is 53.9. The summed E-state index contributed by atoms with van der Waals surface area (Å²) in [6, 6.07) is 0. The summed E-state index contributed by atoms with van der Waals surface area (Å²) in [5.41, 5.74) is 0. The topological polar surface area (TPSA) is 178 Å². The van der Waals surface area contributed by atoms with E-state index in [0.29, 0.717) is 13.0 Å². The van der Waals surface area contributed by atoms with Crippen molar-refractivity contribution < 1.29 is 56.2 Å². The van der Waals surface area contributed by atoms with Crippen molar-refractivity contribution in [3.63, 3.8) is 0 Å². The predicted molar refractivity (Wildman–Crippen MR) is 225 cm³/mol. The van der Waals surface area contributed by atoms with E-state index in [1.54, 1.807) is 0 Å². The summed E-state index contributed by atoms with van der Waals surface area (Å²) >= 11 is 0. The second kappa shape index (κ2) is 36.7. The third-order valence-corrected chi connectivity index (χ3v) is 11.1. The summed E-state index contributed by atoms with van der Waals surface area (Å²) in [5, 5.41) is 30.6. The van der Waals surface area contributed by atoms with Gasteiger partial charge < -0.3 is 34.3 Å². The van der Waals surface area contributed by atoms with Gasteiger partial charge in [-0.1, -0.05) is 167 Å². The van der Waals surface area contributed by atoms with E-state index in [1.165, 1.54) is 116 Å². The minimum Gasteiger partial charge on any atom is -0.457 e. The van der Waals surface area contributed by atoms with Crippen LogP contribution in [-0.2, 0) is 38.3 Å². The molecule has 0 bridgehead atoms. The van der Waals surface area contributed by atoms with Crippen molar-refractivity contribution >= 4 is 16.4 Å². The van der Waals surface area contributed by atoms with Gasteiger partial charge in [0.1, 0.15) is 30.5 Å². The summed E-state index contributed by atoms with van der Waals surface area (Å²) in [5.74, 6) is -0.404. The highest BCUT2D eigenvalue weighted by Gasteiger charge is 2.48. The van der Waals surface area contributed by atoms with E-state index in [4.69, 9.17) is 23.5 Å². The van der Waals surface area contributed by atoms with Crippen LogP contribution < -0.4 is 0 Å². The van der Waals surface area contributed by atoms with Gasteiger partial charge in [0.25, 0.3) is 0 Å². The average molecular weight is 837 g/mol. The highest BCUT2D eigenvalue weighted by atomic mass is 32.3. The molecule has 0 amide bonds. The lowest BCUT2D eigenvalue weighted by atomic mass is 9.99. The van der Waals surface area contributed by atoms with Crippen molar-refractivity contribution in [3.8, 4) is 0 Å². The summed E-state index contributed by atoms with van der Waals surface area (Å²) in [4.78, 5) is 12.8. The zero-order valence-electron chi connectivity index (χ0n) is 35.9. The van der Waals surface area contributed by atoms with Crippen LogP contribution in [0.1, 0.15) is 200 Å². The monoisotopic (exact) mass is 837 g/mol. The molecule has 1 fully saturated rings.